The van der Waals surface area contributed by atoms with Crippen LogP contribution in [0.3, 0.4) is 0 Å². The number of anilines is 1. The smallest absolute Gasteiger partial charge is 0.350 e. The van der Waals surface area contributed by atoms with Gasteiger partial charge in [0.15, 0.2) is 6.10 Å². The van der Waals surface area contributed by atoms with Crippen molar-refractivity contribution < 1.29 is 23.9 Å². The zero-order chi connectivity index (χ0) is 17.0. The molecule has 0 unspecified atom stereocenters. The zero-order valence-electron chi connectivity index (χ0n) is 13.4. The molecule has 1 heterocycles. The van der Waals surface area contributed by atoms with Gasteiger partial charge >= 0.3 is 5.97 Å². The van der Waals surface area contributed by atoms with Crippen LogP contribution >= 0.6 is 0 Å². The molecule has 0 aliphatic carbocycles. The first-order valence-electron chi connectivity index (χ1n) is 7.46. The van der Waals surface area contributed by atoms with Gasteiger partial charge < -0.3 is 19.7 Å². The monoisotopic (exact) mass is 320 g/mol. The minimum Gasteiger partial charge on any atom is -0.475 e. The Labute approximate surface area is 134 Å². The topological polar surface area (TPSA) is 84.9 Å². The van der Waals surface area contributed by atoms with Crippen LogP contribution in [0.4, 0.5) is 5.69 Å². The lowest BCUT2D eigenvalue weighted by Gasteiger charge is -2.33. The number of nitrogens with one attached hydrogen (secondary N) is 1. The summed E-state index contributed by atoms with van der Waals surface area (Å²) in [4.78, 5) is 37.1. The Morgan fingerprint density at radius 2 is 2.09 bits per heavy atom. The highest BCUT2D eigenvalue weighted by molar-refractivity contribution is 5.95. The summed E-state index contributed by atoms with van der Waals surface area (Å²) in [6, 6.07) is 6.96. The van der Waals surface area contributed by atoms with E-state index in [1.807, 2.05) is 0 Å². The third kappa shape index (κ3) is 3.80. The van der Waals surface area contributed by atoms with Crippen LogP contribution in [0.2, 0.25) is 0 Å². The number of likely N-dealkylation sites (N-methyl/N-ethyl adjacent to an activating group) is 1. The molecule has 7 nitrogen and oxygen atoms in total. The Bertz CT molecular complexity index is 616. The lowest BCUT2D eigenvalue weighted by Crippen LogP contribution is -2.48. The number of hydrogen-bond acceptors (Lipinski definition) is 5. The molecule has 0 saturated carbocycles. The van der Waals surface area contributed by atoms with Gasteiger partial charge in [-0.1, -0.05) is 12.1 Å². The summed E-state index contributed by atoms with van der Waals surface area (Å²) in [6.45, 7) is 5.18. The summed E-state index contributed by atoms with van der Waals surface area (Å²) >= 11 is 0. The number of carbonyl (C=O) groups excluding carboxylic acids is 3. The van der Waals surface area contributed by atoms with E-state index in [0.717, 1.165) is 0 Å². The van der Waals surface area contributed by atoms with E-state index in [9.17, 15) is 14.4 Å². The van der Waals surface area contributed by atoms with Gasteiger partial charge in [0.2, 0.25) is 12.0 Å². The van der Waals surface area contributed by atoms with Crippen molar-refractivity contribution in [2.24, 2.45) is 0 Å². The van der Waals surface area contributed by atoms with Crippen molar-refractivity contribution in [3.8, 4) is 5.75 Å². The van der Waals surface area contributed by atoms with Gasteiger partial charge in [-0.15, -0.1) is 0 Å². The predicted octanol–water partition coefficient (Wildman–Crippen LogP) is 0.868. The van der Waals surface area contributed by atoms with Gasteiger partial charge in [0.1, 0.15) is 5.75 Å². The fraction of sp³-hybridized carbons (Fsp3) is 0.438. The minimum atomic E-state index is -0.967. The first-order chi connectivity index (χ1) is 10.9. The van der Waals surface area contributed by atoms with E-state index in [4.69, 9.17) is 9.47 Å². The van der Waals surface area contributed by atoms with E-state index in [0.29, 0.717) is 18.0 Å². The Morgan fingerprint density at radius 1 is 1.39 bits per heavy atom. The van der Waals surface area contributed by atoms with Crippen LogP contribution in [0.1, 0.15) is 20.8 Å². The normalized spacial score (nSPS) is 17.5. The molecular weight excluding hydrogens is 300 g/mol. The Balaban J connectivity index is 2.11. The molecule has 2 rings (SSSR count). The number of para-hydroxylation sites is 2. The molecule has 0 bridgehead atoms. The Morgan fingerprint density at radius 3 is 2.74 bits per heavy atom. The molecule has 2 atom stereocenters. The van der Waals surface area contributed by atoms with Gasteiger partial charge in [0, 0.05) is 13.5 Å². The molecule has 1 N–H and O–H groups in total. The highest BCUT2D eigenvalue weighted by atomic mass is 16.6. The van der Waals surface area contributed by atoms with E-state index in [2.05, 4.69) is 5.32 Å². The highest BCUT2D eigenvalue weighted by Gasteiger charge is 2.34. The van der Waals surface area contributed by atoms with Crippen LogP contribution in [-0.2, 0) is 19.1 Å². The van der Waals surface area contributed by atoms with Gasteiger partial charge in [-0.2, -0.15) is 0 Å². The number of esters is 1. The molecule has 0 fully saturated rings. The number of benzene rings is 1. The number of hydrogen-bond donors (Lipinski definition) is 1. The molecule has 7 heteroatoms. The Kier molecular flexibility index (Phi) is 5.20. The van der Waals surface area contributed by atoms with E-state index in [-0.39, 0.29) is 18.4 Å². The molecule has 1 aliphatic rings. The lowest BCUT2D eigenvalue weighted by atomic mass is 10.2. The van der Waals surface area contributed by atoms with Crippen LogP contribution in [0.5, 0.6) is 5.75 Å². The quantitative estimate of drug-likeness (QED) is 0.832. The first-order valence-corrected chi connectivity index (χ1v) is 7.46. The average Bonchev–Trinajstić information content (AvgIpc) is 2.53. The van der Waals surface area contributed by atoms with Crippen LogP contribution in [-0.4, -0.2) is 43.1 Å². The molecule has 124 valence electrons. The largest absolute Gasteiger partial charge is 0.475 e. The predicted molar refractivity (Wildman–Crippen MR) is 83.1 cm³/mol. The van der Waals surface area contributed by atoms with Gasteiger partial charge in [0.05, 0.1) is 12.2 Å². The second kappa shape index (κ2) is 7.13. The van der Waals surface area contributed by atoms with Crippen molar-refractivity contribution in [2.75, 3.05) is 18.0 Å². The third-order valence-corrected chi connectivity index (χ3v) is 3.43. The molecule has 0 saturated heterocycles. The molecule has 23 heavy (non-hydrogen) atoms. The minimum absolute atomic E-state index is 0.0489. The first kappa shape index (κ1) is 16.8. The molecule has 0 aromatic heterocycles. The van der Waals surface area contributed by atoms with Crippen molar-refractivity contribution >= 4 is 23.5 Å². The maximum Gasteiger partial charge on any atom is 0.350 e. The fourth-order valence-electron chi connectivity index (χ4n) is 2.28. The summed E-state index contributed by atoms with van der Waals surface area (Å²) in [5.41, 5.74) is 0.612. The van der Waals surface area contributed by atoms with Gasteiger partial charge in [-0.3, -0.25) is 9.59 Å². The molecule has 1 aromatic rings. The number of rotatable bonds is 4. The number of nitrogens with zero attached hydrogens (tertiary/aromatic N) is 1. The van der Waals surface area contributed by atoms with Gasteiger partial charge in [-0.25, -0.2) is 4.79 Å². The van der Waals surface area contributed by atoms with Gasteiger partial charge in [0.25, 0.3) is 5.91 Å². The van der Waals surface area contributed by atoms with Crippen molar-refractivity contribution in [3.63, 3.8) is 0 Å². The zero-order valence-corrected chi connectivity index (χ0v) is 13.4. The van der Waals surface area contributed by atoms with Crippen molar-refractivity contribution in [2.45, 2.75) is 33.0 Å². The van der Waals surface area contributed by atoms with Crippen molar-refractivity contribution in [1.29, 1.82) is 0 Å². The van der Waals surface area contributed by atoms with E-state index in [1.54, 1.807) is 31.2 Å². The third-order valence-electron chi connectivity index (χ3n) is 3.43. The van der Waals surface area contributed by atoms with Crippen LogP contribution in [0, 0.1) is 0 Å². The molecule has 0 spiro atoms. The van der Waals surface area contributed by atoms with E-state index < -0.39 is 18.2 Å². The average molecular weight is 320 g/mol. The lowest BCUT2D eigenvalue weighted by molar-refractivity contribution is -0.161. The standard InChI is InChI=1S/C16H20N2O5/c1-4-17-15(20)10(2)22-16(21)14-9-18(11(3)19)12-7-5-6-8-13(12)23-14/h5-8,10,14H,4,9H2,1-3H3,(H,17,20)/t10-,14-/m0/s1. The number of ether oxygens (including phenoxy) is 2. The summed E-state index contributed by atoms with van der Waals surface area (Å²) in [5, 5.41) is 2.57. The molecule has 1 aromatic carbocycles. The molecule has 0 radical (unpaired) electrons. The highest BCUT2D eigenvalue weighted by Crippen LogP contribution is 2.33. The molecule has 2 amide bonds. The second-order valence-corrected chi connectivity index (χ2v) is 5.18. The summed E-state index contributed by atoms with van der Waals surface area (Å²) < 4.78 is 10.7. The van der Waals surface area contributed by atoms with E-state index in [1.165, 1.54) is 18.7 Å². The summed E-state index contributed by atoms with van der Waals surface area (Å²) in [5.74, 6) is -0.818. The SMILES string of the molecule is CCNC(=O)[C@H](C)OC(=O)[C@@H]1CN(C(C)=O)c2ccccc2O1. The maximum absolute atomic E-state index is 12.2. The van der Waals surface area contributed by atoms with Crippen molar-refractivity contribution in [3.05, 3.63) is 24.3 Å². The van der Waals surface area contributed by atoms with Crippen LogP contribution in [0.15, 0.2) is 24.3 Å². The fourth-order valence-corrected chi connectivity index (χ4v) is 2.28. The second-order valence-electron chi connectivity index (χ2n) is 5.18. The number of amides is 2. The number of carbonyl (C=O) groups is 3. The Hall–Kier alpha value is -2.57. The van der Waals surface area contributed by atoms with Gasteiger partial charge in [-0.05, 0) is 26.0 Å². The summed E-state index contributed by atoms with van der Waals surface area (Å²) in [7, 11) is 0. The van der Waals surface area contributed by atoms with Crippen molar-refractivity contribution in [1.82, 2.24) is 5.32 Å². The summed E-state index contributed by atoms with van der Waals surface area (Å²) in [6.07, 6.45) is -1.89. The van der Waals surface area contributed by atoms with E-state index >= 15 is 0 Å². The molecular formula is C16H20N2O5. The maximum atomic E-state index is 12.2. The van der Waals surface area contributed by atoms with Crippen LogP contribution < -0.4 is 15.0 Å². The van der Waals surface area contributed by atoms with Crippen LogP contribution in [0.25, 0.3) is 0 Å². The molecule has 1 aliphatic heterocycles. The number of fused-ring (bicyclic) bond motifs is 1.